The Morgan fingerprint density at radius 1 is 1.11 bits per heavy atom. The minimum Gasteiger partial charge on any atom is -0.494 e. The van der Waals surface area contributed by atoms with Gasteiger partial charge in [0.25, 0.3) is 5.56 Å². The van der Waals surface area contributed by atoms with Gasteiger partial charge in [-0.2, -0.15) is 14.0 Å². The molecule has 6 nitrogen and oxygen atoms in total. The van der Waals surface area contributed by atoms with Gasteiger partial charge in [0, 0.05) is 5.41 Å². The number of alkyl halides is 2. The fraction of sp³-hybridized carbons (Fsp3) is 0.269. The molecule has 0 saturated carbocycles. The van der Waals surface area contributed by atoms with Gasteiger partial charge in [-0.15, -0.1) is 11.3 Å². The van der Waals surface area contributed by atoms with E-state index < -0.39 is 17.6 Å². The first-order chi connectivity index (χ1) is 16.5. The van der Waals surface area contributed by atoms with Gasteiger partial charge in [0.15, 0.2) is 5.78 Å². The summed E-state index contributed by atoms with van der Waals surface area (Å²) in [6.45, 7) is 4.51. The lowest BCUT2D eigenvalue weighted by Gasteiger charge is -2.15. The van der Waals surface area contributed by atoms with Crippen LogP contribution < -0.4 is 24.2 Å². The molecule has 1 aromatic heterocycles. The van der Waals surface area contributed by atoms with E-state index in [1.54, 1.807) is 51.1 Å². The van der Waals surface area contributed by atoms with Crippen LogP contribution in [0, 0.1) is 16.7 Å². The molecule has 0 saturated heterocycles. The zero-order chi connectivity index (χ0) is 25.8. The highest BCUT2D eigenvalue weighted by Gasteiger charge is 2.27. The number of thiazole rings is 1. The summed E-state index contributed by atoms with van der Waals surface area (Å²) in [5.41, 5.74) is -0.333. The summed E-state index contributed by atoms with van der Waals surface area (Å²) in [6.07, 6.45) is 1.57. The second-order valence-electron chi connectivity index (χ2n) is 8.50. The number of carbonyl (C=O) groups is 1. The Bertz CT molecular complexity index is 1430. The lowest BCUT2D eigenvalue weighted by Crippen LogP contribution is -2.33. The number of halogens is 2. The highest BCUT2D eigenvalue weighted by Crippen LogP contribution is 2.20. The van der Waals surface area contributed by atoms with E-state index in [1.807, 2.05) is 13.0 Å². The Morgan fingerprint density at radius 3 is 2.23 bits per heavy atom. The van der Waals surface area contributed by atoms with Gasteiger partial charge in [-0.1, -0.05) is 32.9 Å². The van der Waals surface area contributed by atoms with E-state index in [4.69, 9.17) is 4.74 Å². The van der Waals surface area contributed by atoms with Crippen LogP contribution in [-0.4, -0.2) is 23.6 Å². The van der Waals surface area contributed by atoms with Crippen molar-refractivity contribution < 1.29 is 23.0 Å². The van der Waals surface area contributed by atoms with Crippen molar-refractivity contribution in [3.8, 4) is 23.3 Å². The van der Waals surface area contributed by atoms with E-state index >= 15 is 0 Å². The Balaban J connectivity index is 2.27. The zero-order valence-electron chi connectivity index (χ0n) is 19.7. The molecule has 1 heterocycles. The fourth-order valence-electron chi connectivity index (χ4n) is 3.21. The first kappa shape index (κ1) is 25.8. The third-order valence-corrected chi connectivity index (χ3v) is 5.96. The molecule has 0 bridgehead atoms. The molecule has 0 aliphatic rings. The van der Waals surface area contributed by atoms with Crippen molar-refractivity contribution in [3.05, 3.63) is 73.6 Å². The molecule has 0 radical (unpaired) electrons. The lowest BCUT2D eigenvalue weighted by molar-refractivity contribution is -0.120. The number of Topliss-reactive ketones (excluding diaryl/α,β-unsaturated/α-hetero) is 1. The SMILES string of the molecule is CCOc1ccc(-n2c(=O)/c(=C\c3ccc(OC(F)F)cc3)s/c2=C(\C#N)C(=O)C(C)(C)C)cc1. The number of rotatable bonds is 7. The molecule has 0 fully saturated rings. The summed E-state index contributed by atoms with van der Waals surface area (Å²) in [5, 5.41) is 9.87. The summed E-state index contributed by atoms with van der Waals surface area (Å²) in [7, 11) is 0. The third-order valence-electron chi connectivity index (χ3n) is 4.87. The van der Waals surface area contributed by atoms with Crippen molar-refractivity contribution in [1.29, 1.82) is 5.26 Å². The Labute approximate surface area is 205 Å². The second kappa shape index (κ2) is 10.7. The smallest absolute Gasteiger partial charge is 0.387 e. The topological polar surface area (TPSA) is 81.3 Å². The van der Waals surface area contributed by atoms with Gasteiger partial charge in [-0.3, -0.25) is 14.2 Å². The standard InChI is InChI=1S/C26H24F2N2O4S/c1-5-33-18-12-8-17(9-13-18)30-23(32)21(14-16-6-10-19(11-7-16)34-25(27)28)35-24(30)20(15-29)22(31)26(2,3)4/h6-14,25H,5H2,1-4H3/b21-14+,24-20+. The van der Waals surface area contributed by atoms with Crippen LogP contribution in [0.2, 0.25) is 0 Å². The van der Waals surface area contributed by atoms with Crippen molar-refractivity contribution in [2.75, 3.05) is 6.61 Å². The van der Waals surface area contributed by atoms with Crippen LogP contribution in [-0.2, 0) is 4.79 Å². The molecule has 2 aromatic carbocycles. The average molecular weight is 499 g/mol. The number of carbonyl (C=O) groups excluding carboxylic acids is 1. The Morgan fingerprint density at radius 2 is 1.71 bits per heavy atom. The van der Waals surface area contributed by atoms with E-state index in [1.165, 1.54) is 28.8 Å². The molecular formula is C26H24F2N2O4S. The molecule has 182 valence electrons. The number of aromatic nitrogens is 1. The molecule has 0 N–H and O–H groups in total. The molecule has 0 amide bonds. The number of hydrogen-bond donors (Lipinski definition) is 0. The van der Waals surface area contributed by atoms with Crippen LogP contribution in [0.3, 0.4) is 0 Å². The summed E-state index contributed by atoms with van der Waals surface area (Å²) < 4.78 is 36.5. The van der Waals surface area contributed by atoms with Gasteiger partial charge >= 0.3 is 6.61 Å². The molecular weight excluding hydrogens is 474 g/mol. The first-order valence-corrected chi connectivity index (χ1v) is 11.6. The van der Waals surface area contributed by atoms with Gasteiger partial charge in [0.1, 0.15) is 27.8 Å². The monoisotopic (exact) mass is 498 g/mol. The van der Waals surface area contributed by atoms with Crippen LogP contribution in [0.5, 0.6) is 11.5 Å². The van der Waals surface area contributed by atoms with E-state index in [9.17, 15) is 23.6 Å². The third kappa shape index (κ3) is 6.03. The maximum atomic E-state index is 13.5. The van der Waals surface area contributed by atoms with Gasteiger partial charge < -0.3 is 9.47 Å². The quantitative estimate of drug-likeness (QED) is 0.492. The number of benzene rings is 2. The molecule has 0 atom stereocenters. The van der Waals surface area contributed by atoms with Crippen molar-refractivity contribution >= 4 is 28.8 Å². The predicted octanol–water partition coefficient (Wildman–Crippen LogP) is 4.02. The summed E-state index contributed by atoms with van der Waals surface area (Å²) >= 11 is 1.01. The van der Waals surface area contributed by atoms with E-state index in [-0.39, 0.29) is 26.3 Å². The highest BCUT2D eigenvalue weighted by atomic mass is 32.1. The molecule has 0 aliphatic heterocycles. The van der Waals surface area contributed by atoms with Crippen molar-refractivity contribution in [2.24, 2.45) is 5.41 Å². The van der Waals surface area contributed by atoms with Crippen molar-refractivity contribution in [3.63, 3.8) is 0 Å². The van der Waals surface area contributed by atoms with Gasteiger partial charge in [-0.05, 0) is 55.0 Å². The number of hydrogen-bond acceptors (Lipinski definition) is 6. The van der Waals surface area contributed by atoms with E-state index in [0.717, 1.165) is 11.3 Å². The number of ether oxygens (including phenoxy) is 2. The largest absolute Gasteiger partial charge is 0.494 e. The number of nitriles is 1. The van der Waals surface area contributed by atoms with Crippen LogP contribution in [0.15, 0.2) is 53.3 Å². The van der Waals surface area contributed by atoms with Crippen molar-refractivity contribution in [1.82, 2.24) is 4.57 Å². The minimum atomic E-state index is -2.94. The predicted molar refractivity (Wildman–Crippen MR) is 130 cm³/mol. The number of ketones is 1. The van der Waals surface area contributed by atoms with Crippen LogP contribution in [0.4, 0.5) is 8.78 Å². The Kier molecular flexibility index (Phi) is 7.87. The molecule has 0 spiro atoms. The van der Waals surface area contributed by atoms with Gasteiger partial charge in [-0.25, -0.2) is 0 Å². The van der Waals surface area contributed by atoms with Gasteiger partial charge in [0.05, 0.1) is 16.8 Å². The molecule has 0 aliphatic carbocycles. The zero-order valence-corrected chi connectivity index (χ0v) is 20.5. The molecule has 3 aromatic rings. The first-order valence-electron chi connectivity index (χ1n) is 10.8. The molecule has 3 rings (SSSR count). The van der Waals surface area contributed by atoms with Crippen LogP contribution in [0.25, 0.3) is 17.3 Å². The normalized spacial score (nSPS) is 12.9. The summed E-state index contributed by atoms with van der Waals surface area (Å²) in [6, 6.07) is 14.6. The van der Waals surface area contributed by atoms with Crippen LogP contribution >= 0.6 is 11.3 Å². The summed E-state index contributed by atoms with van der Waals surface area (Å²) in [4.78, 5) is 26.5. The molecule has 35 heavy (non-hydrogen) atoms. The average Bonchev–Trinajstić information content (AvgIpc) is 3.11. The fourth-order valence-corrected chi connectivity index (χ4v) is 4.31. The lowest BCUT2D eigenvalue weighted by atomic mass is 9.87. The maximum absolute atomic E-state index is 13.5. The summed E-state index contributed by atoms with van der Waals surface area (Å²) in [5.74, 6) is 0.224. The van der Waals surface area contributed by atoms with E-state index in [2.05, 4.69) is 4.74 Å². The second-order valence-corrected chi connectivity index (χ2v) is 9.53. The maximum Gasteiger partial charge on any atom is 0.387 e. The van der Waals surface area contributed by atoms with Gasteiger partial charge in [0.2, 0.25) is 0 Å². The Hall–Kier alpha value is -3.77. The van der Waals surface area contributed by atoms with E-state index in [0.29, 0.717) is 23.6 Å². The highest BCUT2D eigenvalue weighted by molar-refractivity contribution is 7.07. The molecule has 0 unspecified atom stereocenters. The number of nitrogens with zero attached hydrogens (tertiary/aromatic N) is 2. The van der Waals surface area contributed by atoms with Crippen LogP contribution in [0.1, 0.15) is 33.3 Å². The van der Waals surface area contributed by atoms with Crippen molar-refractivity contribution in [2.45, 2.75) is 34.3 Å². The minimum absolute atomic E-state index is 0.00769. The molecule has 9 heteroatoms.